The Morgan fingerprint density at radius 1 is 1.10 bits per heavy atom. The molecule has 1 aliphatic carbocycles. The van der Waals surface area contributed by atoms with E-state index in [9.17, 15) is 4.79 Å². The molecule has 4 aromatic rings. The highest BCUT2D eigenvalue weighted by Crippen LogP contribution is 2.42. The smallest absolute Gasteiger partial charge is 0.197 e. The Kier molecular flexibility index (Phi) is 4.48. The molecule has 3 heterocycles. The van der Waals surface area contributed by atoms with Crippen LogP contribution in [0.25, 0.3) is 21.9 Å². The predicted octanol–water partition coefficient (Wildman–Crippen LogP) is 5.99. The molecule has 4 nitrogen and oxygen atoms in total. The van der Waals surface area contributed by atoms with Crippen molar-refractivity contribution >= 4 is 33.5 Å². The summed E-state index contributed by atoms with van der Waals surface area (Å²) in [4.78, 5) is 15.7. The lowest BCUT2D eigenvalue weighted by Gasteiger charge is -2.33. The lowest BCUT2D eigenvalue weighted by atomic mass is 9.90. The lowest BCUT2D eigenvalue weighted by molar-refractivity contribution is 0.172. The van der Waals surface area contributed by atoms with E-state index in [1.807, 2.05) is 0 Å². The summed E-state index contributed by atoms with van der Waals surface area (Å²) in [5.74, 6) is 0. The van der Waals surface area contributed by atoms with E-state index in [1.165, 1.54) is 34.1 Å². The first kappa shape index (κ1) is 19.1. The maximum atomic E-state index is 13.2. The zero-order chi connectivity index (χ0) is 21.1. The van der Waals surface area contributed by atoms with Crippen LogP contribution < -0.4 is 5.43 Å². The molecule has 2 aliphatic rings. The van der Waals surface area contributed by atoms with Gasteiger partial charge in [0.25, 0.3) is 0 Å². The molecule has 2 aromatic carbocycles. The summed E-state index contributed by atoms with van der Waals surface area (Å²) < 4.78 is 8.35. The second-order valence-electron chi connectivity index (χ2n) is 9.00. The maximum absolute atomic E-state index is 13.2. The normalized spacial score (nSPS) is 19.0. The molecule has 6 rings (SSSR count). The van der Waals surface area contributed by atoms with Gasteiger partial charge in [0.2, 0.25) is 0 Å². The summed E-state index contributed by atoms with van der Waals surface area (Å²) in [5.41, 5.74) is 6.99. The number of nitrogens with zero attached hydrogens (tertiary/aromatic N) is 2. The molecular formula is C26H25ClN2O2. The minimum atomic E-state index is 0.0280. The fourth-order valence-electron chi connectivity index (χ4n) is 5.66. The molecule has 1 aliphatic heterocycles. The quantitative estimate of drug-likeness (QED) is 0.390. The van der Waals surface area contributed by atoms with Gasteiger partial charge in [-0.3, -0.25) is 9.69 Å². The highest BCUT2D eigenvalue weighted by atomic mass is 35.5. The van der Waals surface area contributed by atoms with E-state index < -0.39 is 0 Å². The molecule has 0 saturated heterocycles. The third-order valence-corrected chi connectivity index (χ3v) is 7.27. The molecular weight excluding hydrogens is 408 g/mol. The first-order valence-electron chi connectivity index (χ1n) is 11.2. The maximum Gasteiger partial charge on any atom is 0.197 e. The molecule has 0 bridgehead atoms. The number of hydrogen-bond acceptors (Lipinski definition) is 3. The SMILES string of the molecule is Cc1ccc2c(c1)c1c3n2CCCN(Cc2coc4ccc(Cl)cc4c2=O)C3CCC1. The van der Waals surface area contributed by atoms with Gasteiger partial charge in [0.1, 0.15) is 5.58 Å². The van der Waals surface area contributed by atoms with Crippen molar-refractivity contribution in [2.24, 2.45) is 0 Å². The number of benzene rings is 2. The Hall–Kier alpha value is -2.56. The Morgan fingerprint density at radius 3 is 2.90 bits per heavy atom. The molecule has 0 amide bonds. The van der Waals surface area contributed by atoms with Crippen LogP contribution in [0.1, 0.15) is 47.7 Å². The summed E-state index contributed by atoms with van der Waals surface area (Å²) in [6, 6.07) is 12.4. The molecule has 0 spiro atoms. The van der Waals surface area contributed by atoms with Crippen LogP contribution in [0, 0.1) is 6.92 Å². The lowest BCUT2D eigenvalue weighted by Crippen LogP contribution is -2.32. The van der Waals surface area contributed by atoms with E-state index >= 15 is 0 Å². The van der Waals surface area contributed by atoms with E-state index in [2.05, 4.69) is 34.6 Å². The average molecular weight is 433 g/mol. The summed E-state index contributed by atoms with van der Waals surface area (Å²) in [6.45, 7) is 4.79. The molecule has 2 aromatic heterocycles. The van der Waals surface area contributed by atoms with Crippen molar-refractivity contribution in [3.63, 3.8) is 0 Å². The van der Waals surface area contributed by atoms with Crippen molar-refractivity contribution in [1.82, 2.24) is 9.47 Å². The number of halogens is 1. The van der Waals surface area contributed by atoms with Gasteiger partial charge in [-0.1, -0.05) is 23.2 Å². The Labute approximate surface area is 186 Å². The van der Waals surface area contributed by atoms with Crippen molar-refractivity contribution in [2.45, 2.75) is 51.7 Å². The van der Waals surface area contributed by atoms with Crippen molar-refractivity contribution < 1.29 is 4.42 Å². The first-order valence-corrected chi connectivity index (χ1v) is 11.5. The van der Waals surface area contributed by atoms with Crippen LogP contribution in [-0.2, 0) is 19.5 Å². The van der Waals surface area contributed by atoms with Crippen LogP contribution in [0.3, 0.4) is 0 Å². The second kappa shape index (κ2) is 7.25. The fourth-order valence-corrected chi connectivity index (χ4v) is 5.83. The van der Waals surface area contributed by atoms with E-state index in [0.29, 0.717) is 34.1 Å². The van der Waals surface area contributed by atoms with Gasteiger partial charge in [0, 0.05) is 46.8 Å². The van der Waals surface area contributed by atoms with Crippen molar-refractivity contribution in [2.75, 3.05) is 6.54 Å². The number of fused-ring (bicyclic) bond motifs is 4. The zero-order valence-electron chi connectivity index (χ0n) is 17.7. The van der Waals surface area contributed by atoms with Gasteiger partial charge in [0.05, 0.1) is 17.7 Å². The number of hydrogen-bond donors (Lipinski definition) is 0. The molecule has 1 atom stereocenters. The fraction of sp³-hybridized carbons (Fsp3) is 0.346. The Balaban J connectivity index is 1.44. The van der Waals surface area contributed by atoms with Crippen molar-refractivity contribution in [3.05, 3.63) is 80.3 Å². The van der Waals surface area contributed by atoms with Crippen LogP contribution in [0.15, 0.2) is 51.9 Å². The molecule has 0 fully saturated rings. The highest BCUT2D eigenvalue weighted by Gasteiger charge is 2.33. The standard InChI is InChI=1S/C26H25ClN2O2/c1-16-6-8-22-20(12-16)19-4-2-5-23-25(19)29(22)11-3-10-28(23)14-17-15-31-24-9-7-18(27)13-21(24)26(17)30/h6-9,12-13,15,23H,2-5,10-11,14H2,1H3. The third-order valence-electron chi connectivity index (χ3n) is 7.04. The van der Waals surface area contributed by atoms with E-state index in [0.717, 1.165) is 32.4 Å². The van der Waals surface area contributed by atoms with Gasteiger partial charge in [-0.25, -0.2) is 0 Å². The molecule has 158 valence electrons. The van der Waals surface area contributed by atoms with Crippen LogP contribution in [0.2, 0.25) is 5.02 Å². The highest BCUT2D eigenvalue weighted by molar-refractivity contribution is 6.31. The molecule has 0 saturated carbocycles. The van der Waals surface area contributed by atoms with Gasteiger partial charge >= 0.3 is 0 Å². The summed E-state index contributed by atoms with van der Waals surface area (Å²) >= 11 is 6.14. The summed E-state index contributed by atoms with van der Waals surface area (Å²) in [6.07, 6.45) is 6.18. The Bertz CT molecular complexity index is 1380. The van der Waals surface area contributed by atoms with Gasteiger partial charge in [-0.2, -0.15) is 0 Å². The third kappa shape index (κ3) is 3.04. The van der Waals surface area contributed by atoms with E-state index in [1.54, 1.807) is 24.5 Å². The van der Waals surface area contributed by atoms with Crippen LogP contribution in [-0.4, -0.2) is 16.0 Å². The number of rotatable bonds is 2. The van der Waals surface area contributed by atoms with E-state index in [4.69, 9.17) is 16.0 Å². The molecule has 31 heavy (non-hydrogen) atoms. The van der Waals surface area contributed by atoms with E-state index in [-0.39, 0.29) is 5.43 Å². The molecule has 0 N–H and O–H groups in total. The molecule has 0 radical (unpaired) electrons. The molecule has 1 unspecified atom stereocenters. The van der Waals surface area contributed by atoms with Crippen LogP contribution in [0.5, 0.6) is 0 Å². The van der Waals surface area contributed by atoms with Gasteiger partial charge < -0.3 is 8.98 Å². The van der Waals surface area contributed by atoms with Crippen molar-refractivity contribution in [1.29, 1.82) is 0 Å². The second-order valence-corrected chi connectivity index (χ2v) is 9.44. The zero-order valence-corrected chi connectivity index (χ0v) is 18.4. The largest absolute Gasteiger partial charge is 0.464 e. The van der Waals surface area contributed by atoms with Crippen molar-refractivity contribution in [3.8, 4) is 0 Å². The van der Waals surface area contributed by atoms with Crippen LogP contribution in [0.4, 0.5) is 0 Å². The van der Waals surface area contributed by atoms with Gasteiger partial charge in [-0.05, 0) is 68.5 Å². The first-order chi connectivity index (χ1) is 15.1. The predicted molar refractivity (Wildman–Crippen MR) is 125 cm³/mol. The Morgan fingerprint density at radius 2 is 2.00 bits per heavy atom. The van der Waals surface area contributed by atoms with Gasteiger partial charge in [-0.15, -0.1) is 0 Å². The summed E-state index contributed by atoms with van der Waals surface area (Å²) in [5, 5.41) is 2.54. The summed E-state index contributed by atoms with van der Waals surface area (Å²) in [7, 11) is 0. The minimum Gasteiger partial charge on any atom is -0.464 e. The number of aryl methyl sites for hydroxylation is 3. The van der Waals surface area contributed by atoms with Crippen LogP contribution >= 0.6 is 11.6 Å². The topological polar surface area (TPSA) is 38.4 Å². The minimum absolute atomic E-state index is 0.0280. The van der Waals surface area contributed by atoms with Gasteiger partial charge in [0.15, 0.2) is 5.43 Å². The number of aromatic nitrogens is 1. The molecule has 5 heteroatoms. The average Bonchev–Trinajstić information content (AvgIpc) is 2.95. The monoisotopic (exact) mass is 432 g/mol.